The molecule has 8 nitrogen and oxygen atoms in total. The summed E-state index contributed by atoms with van der Waals surface area (Å²) in [6.07, 6.45) is 9.16. The van der Waals surface area contributed by atoms with Crippen LogP contribution in [0.2, 0.25) is 0 Å². The maximum atomic E-state index is 13.2. The second kappa shape index (κ2) is 12.7. The second-order valence-electron chi connectivity index (χ2n) is 10.8. The van der Waals surface area contributed by atoms with Crippen molar-refractivity contribution in [2.45, 2.75) is 62.5 Å². The Bertz CT molecular complexity index is 1620. The Hall–Kier alpha value is -3.27. The molecule has 0 amide bonds. The third-order valence-corrected chi connectivity index (χ3v) is 10.2. The van der Waals surface area contributed by atoms with Crippen molar-refractivity contribution < 1.29 is 13.2 Å². The normalized spacial score (nSPS) is 17.7. The van der Waals surface area contributed by atoms with Gasteiger partial charge in [-0.3, -0.25) is 0 Å². The van der Waals surface area contributed by atoms with Crippen LogP contribution in [-0.2, 0) is 15.6 Å². The number of benzene rings is 2. The summed E-state index contributed by atoms with van der Waals surface area (Å²) in [6, 6.07) is 15.7. The molecule has 0 radical (unpaired) electrons. The average Bonchev–Trinajstić information content (AvgIpc) is 3.52. The number of rotatable bonds is 8. The molecule has 0 spiro atoms. The molecule has 2 N–H and O–H groups in total. The van der Waals surface area contributed by atoms with Crippen molar-refractivity contribution in [1.82, 2.24) is 20.3 Å². The Kier molecular flexibility index (Phi) is 9.06. The Morgan fingerprint density at radius 2 is 1.80 bits per heavy atom. The minimum atomic E-state index is -3.22. The summed E-state index contributed by atoms with van der Waals surface area (Å²) < 4.78 is 32.9. The number of sulfone groups is 1. The molecule has 2 aromatic carbocycles. The molecular formula is C31H36ClN5O3S. The molecule has 1 aliphatic heterocycles. The Morgan fingerprint density at radius 1 is 0.951 bits per heavy atom. The van der Waals surface area contributed by atoms with E-state index < -0.39 is 9.84 Å². The molecule has 0 unspecified atom stereocenters. The predicted molar refractivity (Wildman–Crippen MR) is 166 cm³/mol. The van der Waals surface area contributed by atoms with Gasteiger partial charge >= 0.3 is 0 Å². The highest BCUT2D eigenvalue weighted by atomic mass is 35.5. The van der Waals surface area contributed by atoms with Crippen LogP contribution >= 0.6 is 12.4 Å². The molecule has 2 fully saturated rings. The lowest BCUT2D eigenvalue weighted by molar-refractivity contribution is 0.466. The standard InChI is InChI=1S/C31H35N5O3S.ClH/c1-21-13-14-25-22(20-40(37,38)24-9-2-3-10-24)7-4-11-26(25)29(21)39-30-27(12-6-17-33-30)28-15-18-34-31(36-28)35-23-8-5-16-32-19-23;/h4,6-7,11-15,17-18,23-24,32H,2-3,5,8-10,16,19-20H2,1H3,(H,34,35,36);1H/t23-;/m0./s1. The summed E-state index contributed by atoms with van der Waals surface area (Å²) >= 11 is 0. The average molecular weight is 594 g/mol. The molecule has 2 aromatic heterocycles. The van der Waals surface area contributed by atoms with Gasteiger partial charge < -0.3 is 15.4 Å². The maximum absolute atomic E-state index is 13.2. The van der Waals surface area contributed by atoms with Crippen LogP contribution in [-0.4, -0.2) is 47.8 Å². The monoisotopic (exact) mass is 593 g/mol. The zero-order valence-electron chi connectivity index (χ0n) is 23.2. The van der Waals surface area contributed by atoms with Gasteiger partial charge in [0.15, 0.2) is 9.84 Å². The van der Waals surface area contributed by atoms with E-state index >= 15 is 0 Å². The van der Waals surface area contributed by atoms with Crippen LogP contribution in [0.3, 0.4) is 0 Å². The number of ether oxygens (including phenoxy) is 1. The first-order chi connectivity index (χ1) is 19.5. The molecule has 10 heteroatoms. The molecule has 1 atom stereocenters. The summed E-state index contributed by atoms with van der Waals surface area (Å²) in [5, 5.41) is 8.37. The van der Waals surface area contributed by atoms with E-state index in [1.54, 1.807) is 12.4 Å². The van der Waals surface area contributed by atoms with Gasteiger partial charge in [0.1, 0.15) is 5.75 Å². The van der Waals surface area contributed by atoms with Gasteiger partial charge in [0.25, 0.3) is 0 Å². The van der Waals surface area contributed by atoms with Gasteiger partial charge in [0.2, 0.25) is 11.8 Å². The van der Waals surface area contributed by atoms with Crippen LogP contribution in [0.5, 0.6) is 11.6 Å². The zero-order valence-corrected chi connectivity index (χ0v) is 24.8. The van der Waals surface area contributed by atoms with E-state index in [1.807, 2.05) is 55.5 Å². The van der Waals surface area contributed by atoms with E-state index in [0.717, 1.165) is 79.1 Å². The van der Waals surface area contributed by atoms with Gasteiger partial charge in [-0.25, -0.2) is 23.4 Å². The topological polar surface area (TPSA) is 106 Å². The quantitative estimate of drug-likeness (QED) is 0.247. The van der Waals surface area contributed by atoms with E-state index in [9.17, 15) is 8.42 Å². The second-order valence-corrected chi connectivity index (χ2v) is 13.1. The smallest absolute Gasteiger partial charge is 0.228 e. The molecule has 216 valence electrons. The van der Waals surface area contributed by atoms with Crippen molar-refractivity contribution in [3.05, 3.63) is 72.1 Å². The summed E-state index contributed by atoms with van der Waals surface area (Å²) in [7, 11) is -3.22. The fourth-order valence-corrected chi connectivity index (χ4v) is 7.82. The molecule has 0 bridgehead atoms. The highest BCUT2D eigenvalue weighted by Gasteiger charge is 2.29. The number of halogens is 1. The van der Waals surface area contributed by atoms with Crippen LogP contribution < -0.4 is 15.4 Å². The van der Waals surface area contributed by atoms with Crippen LogP contribution in [0.25, 0.3) is 22.0 Å². The van der Waals surface area contributed by atoms with Gasteiger partial charge in [-0.1, -0.05) is 43.2 Å². The number of anilines is 1. The SMILES string of the molecule is Cc1ccc2c(CS(=O)(=O)C3CCCC3)cccc2c1Oc1ncccc1-c1ccnc(N[C@H]2CCCNC2)n1.Cl. The van der Waals surface area contributed by atoms with Gasteiger partial charge in [0, 0.05) is 30.4 Å². The number of pyridine rings is 1. The maximum Gasteiger partial charge on any atom is 0.228 e. The number of fused-ring (bicyclic) bond motifs is 1. The Morgan fingerprint density at radius 3 is 2.61 bits per heavy atom. The van der Waals surface area contributed by atoms with Crippen molar-refractivity contribution >= 4 is 39.0 Å². The third-order valence-electron chi connectivity index (χ3n) is 8.00. The van der Waals surface area contributed by atoms with E-state index in [-0.39, 0.29) is 23.4 Å². The highest BCUT2D eigenvalue weighted by Crippen LogP contribution is 2.38. The lowest BCUT2D eigenvalue weighted by Gasteiger charge is -2.23. The Balaban J connectivity index is 0.00000337. The first kappa shape index (κ1) is 29.2. The minimum Gasteiger partial charge on any atom is -0.437 e. The predicted octanol–water partition coefficient (Wildman–Crippen LogP) is 6.24. The fourth-order valence-electron chi connectivity index (χ4n) is 5.85. The van der Waals surface area contributed by atoms with E-state index in [1.165, 1.54) is 0 Å². The van der Waals surface area contributed by atoms with Crippen molar-refractivity contribution in [1.29, 1.82) is 0 Å². The number of nitrogens with zero attached hydrogens (tertiary/aromatic N) is 3. The number of piperidine rings is 1. The molecule has 1 saturated heterocycles. The molecule has 4 aromatic rings. The van der Waals surface area contributed by atoms with Crippen molar-refractivity contribution in [2.75, 3.05) is 18.4 Å². The highest BCUT2D eigenvalue weighted by molar-refractivity contribution is 7.91. The van der Waals surface area contributed by atoms with E-state index in [2.05, 4.69) is 20.6 Å². The number of aryl methyl sites for hydroxylation is 1. The molecule has 2 aliphatic rings. The first-order valence-corrected chi connectivity index (χ1v) is 15.9. The molecule has 3 heterocycles. The van der Waals surface area contributed by atoms with Gasteiger partial charge in [-0.05, 0) is 73.9 Å². The van der Waals surface area contributed by atoms with Crippen molar-refractivity contribution in [2.24, 2.45) is 0 Å². The lowest BCUT2D eigenvalue weighted by atomic mass is 10.0. The lowest BCUT2D eigenvalue weighted by Crippen LogP contribution is -2.38. The van der Waals surface area contributed by atoms with Crippen LogP contribution in [0.4, 0.5) is 5.95 Å². The largest absolute Gasteiger partial charge is 0.437 e. The van der Waals surface area contributed by atoms with E-state index in [4.69, 9.17) is 9.72 Å². The minimum absolute atomic E-state index is 0. The summed E-state index contributed by atoms with van der Waals surface area (Å²) in [4.78, 5) is 13.8. The summed E-state index contributed by atoms with van der Waals surface area (Å²) in [5.74, 6) is 1.72. The van der Waals surface area contributed by atoms with Gasteiger partial charge in [0.05, 0.1) is 22.3 Å². The number of hydrogen-bond donors (Lipinski definition) is 2. The van der Waals surface area contributed by atoms with E-state index in [0.29, 0.717) is 29.3 Å². The fraction of sp³-hybridized carbons (Fsp3) is 0.387. The van der Waals surface area contributed by atoms with Gasteiger partial charge in [-0.2, -0.15) is 0 Å². The van der Waals surface area contributed by atoms with Crippen LogP contribution in [0.15, 0.2) is 60.9 Å². The summed E-state index contributed by atoms with van der Waals surface area (Å²) in [5.41, 5.74) is 3.21. The van der Waals surface area contributed by atoms with Crippen LogP contribution in [0, 0.1) is 6.92 Å². The number of aromatic nitrogens is 3. The molecule has 6 rings (SSSR count). The van der Waals surface area contributed by atoms with Gasteiger partial charge in [-0.15, -0.1) is 12.4 Å². The molecule has 1 saturated carbocycles. The van der Waals surface area contributed by atoms with Crippen LogP contribution in [0.1, 0.15) is 49.7 Å². The first-order valence-electron chi connectivity index (χ1n) is 14.1. The molecular weight excluding hydrogens is 558 g/mol. The third kappa shape index (κ3) is 6.47. The number of hydrogen-bond acceptors (Lipinski definition) is 8. The Labute approximate surface area is 247 Å². The zero-order chi connectivity index (χ0) is 27.5. The van der Waals surface area contributed by atoms with Crippen molar-refractivity contribution in [3.8, 4) is 22.9 Å². The molecule has 41 heavy (non-hydrogen) atoms. The molecule has 1 aliphatic carbocycles. The number of nitrogens with one attached hydrogen (secondary N) is 2. The summed E-state index contributed by atoms with van der Waals surface area (Å²) in [6.45, 7) is 3.92. The van der Waals surface area contributed by atoms with Crippen molar-refractivity contribution in [3.63, 3.8) is 0 Å².